The third-order valence-corrected chi connectivity index (χ3v) is 5.14. The van der Waals surface area contributed by atoms with Gasteiger partial charge in [0.05, 0.1) is 5.69 Å². The van der Waals surface area contributed by atoms with Crippen molar-refractivity contribution in [2.75, 3.05) is 31.1 Å². The van der Waals surface area contributed by atoms with Crippen LogP contribution in [-0.4, -0.2) is 42.1 Å². The van der Waals surface area contributed by atoms with Gasteiger partial charge in [0, 0.05) is 31.7 Å². The Bertz CT molecular complexity index is 949. The van der Waals surface area contributed by atoms with E-state index in [1.807, 2.05) is 77.7 Å². The molecule has 1 aliphatic heterocycles. The molecule has 0 aromatic heterocycles. The molecule has 0 saturated carbocycles. The van der Waals surface area contributed by atoms with Crippen molar-refractivity contribution >= 4 is 11.6 Å². The van der Waals surface area contributed by atoms with E-state index in [9.17, 15) is 9.90 Å². The molecular weight excluding hydrogens is 364 g/mol. The monoisotopic (exact) mass is 388 g/mol. The van der Waals surface area contributed by atoms with Crippen LogP contribution in [0.15, 0.2) is 78.9 Å². The first-order valence-electron chi connectivity index (χ1n) is 9.80. The SMILES string of the molecule is O=C(c1ccc(COc2ccccc2)cc1)N1CCN(c2ccccc2O)CC1. The van der Waals surface area contributed by atoms with Crippen LogP contribution in [-0.2, 0) is 6.61 Å². The molecule has 0 aliphatic carbocycles. The van der Waals surface area contributed by atoms with Crippen LogP contribution in [0.2, 0.25) is 0 Å². The zero-order valence-corrected chi connectivity index (χ0v) is 16.2. The fourth-order valence-electron chi connectivity index (χ4n) is 3.49. The van der Waals surface area contributed by atoms with Gasteiger partial charge in [-0.3, -0.25) is 4.79 Å². The van der Waals surface area contributed by atoms with Gasteiger partial charge in [-0.25, -0.2) is 0 Å². The number of rotatable bonds is 5. The first kappa shape index (κ1) is 18.9. The Balaban J connectivity index is 1.32. The average molecular weight is 388 g/mol. The average Bonchev–Trinajstić information content (AvgIpc) is 2.79. The number of hydrogen-bond acceptors (Lipinski definition) is 4. The molecule has 0 bridgehead atoms. The molecule has 1 saturated heterocycles. The number of hydrogen-bond donors (Lipinski definition) is 1. The summed E-state index contributed by atoms with van der Waals surface area (Å²) >= 11 is 0. The number of carbonyl (C=O) groups excluding carboxylic acids is 1. The zero-order valence-electron chi connectivity index (χ0n) is 16.2. The van der Waals surface area contributed by atoms with Gasteiger partial charge in [0.15, 0.2) is 0 Å². The Kier molecular flexibility index (Phi) is 5.66. The van der Waals surface area contributed by atoms with Crippen molar-refractivity contribution < 1.29 is 14.6 Å². The second kappa shape index (κ2) is 8.69. The molecule has 4 rings (SSSR count). The second-order valence-electron chi connectivity index (χ2n) is 7.07. The second-order valence-corrected chi connectivity index (χ2v) is 7.07. The summed E-state index contributed by atoms with van der Waals surface area (Å²) in [5, 5.41) is 10.0. The van der Waals surface area contributed by atoms with E-state index in [2.05, 4.69) is 4.90 Å². The molecule has 1 aliphatic rings. The largest absolute Gasteiger partial charge is 0.506 e. The third-order valence-electron chi connectivity index (χ3n) is 5.14. The van der Waals surface area contributed by atoms with Crippen LogP contribution in [0, 0.1) is 0 Å². The van der Waals surface area contributed by atoms with Gasteiger partial charge in [-0.05, 0) is 42.0 Å². The highest BCUT2D eigenvalue weighted by Crippen LogP contribution is 2.27. The number of amides is 1. The van der Waals surface area contributed by atoms with E-state index in [1.54, 1.807) is 6.07 Å². The van der Waals surface area contributed by atoms with E-state index >= 15 is 0 Å². The highest BCUT2D eigenvalue weighted by atomic mass is 16.5. The van der Waals surface area contributed by atoms with Gasteiger partial charge in [0.2, 0.25) is 0 Å². The summed E-state index contributed by atoms with van der Waals surface area (Å²) in [5.74, 6) is 1.15. The lowest BCUT2D eigenvalue weighted by molar-refractivity contribution is 0.0746. The fourth-order valence-corrected chi connectivity index (χ4v) is 3.49. The topological polar surface area (TPSA) is 53.0 Å². The van der Waals surface area contributed by atoms with Gasteiger partial charge in [0.25, 0.3) is 5.91 Å². The highest BCUT2D eigenvalue weighted by molar-refractivity contribution is 5.94. The van der Waals surface area contributed by atoms with Crippen LogP contribution in [0.3, 0.4) is 0 Å². The van der Waals surface area contributed by atoms with Gasteiger partial charge in [0.1, 0.15) is 18.1 Å². The van der Waals surface area contributed by atoms with Gasteiger partial charge in [-0.1, -0.05) is 42.5 Å². The molecule has 5 nitrogen and oxygen atoms in total. The van der Waals surface area contributed by atoms with Gasteiger partial charge in [-0.2, -0.15) is 0 Å². The maximum Gasteiger partial charge on any atom is 0.253 e. The molecule has 3 aromatic carbocycles. The molecule has 0 radical (unpaired) electrons. The zero-order chi connectivity index (χ0) is 20.1. The summed E-state index contributed by atoms with van der Waals surface area (Å²) in [6, 6.07) is 24.6. The van der Waals surface area contributed by atoms with Crippen molar-refractivity contribution in [3.8, 4) is 11.5 Å². The van der Waals surface area contributed by atoms with Crippen LogP contribution < -0.4 is 9.64 Å². The summed E-state index contributed by atoms with van der Waals surface area (Å²) in [6.45, 7) is 3.13. The quantitative estimate of drug-likeness (QED) is 0.720. The summed E-state index contributed by atoms with van der Waals surface area (Å²) in [4.78, 5) is 16.8. The minimum absolute atomic E-state index is 0.0393. The summed E-state index contributed by atoms with van der Waals surface area (Å²) in [5.41, 5.74) is 2.53. The molecule has 0 atom stereocenters. The smallest absolute Gasteiger partial charge is 0.253 e. The Hall–Kier alpha value is -3.47. The number of aromatic hydroxyl groups is 1. The molecule has 1 heterocycles. The molecule has 3 aromatic rings. The fraction of sp³-hybridized carbons (Fsp3) is 0.208. The Morgan fingerprint density at radius 3 is 2.17 bits per heavy atom. The van der Waals surface area contributed by atoms with Crippen molar-refractivity contribution in [2.45, 2.75) is 6.61 Å². The Labute approximate surface area is 170 Å². The van der Waals surface area contributed by atoms with E-state index in [4.69, 9.17) is 4.74 Å². The van der Waals surface area contributed by atoms with Gasteiger partial charge < -0.3 is 19.6 Å². The number of benzene rings is 3. The molecule has 5 heteroatoms. The molecule has 1 N–H and O–H groups in total. The van der Waals surface area contributed by atoms with Crippen molar-refractivity contribution in [3.05, 3.63) is 90.0 Å². The van der Waals surface area contributed by atoms with Crippen molar-refractivity contribution in [1.29, 1.82) is 0 Å². The highest BCUT2D eigenvalue weighted by Gasteiger charge is 2.23. The molecule has 1 amide bonds. The third kappa shape index (κ3) is 4.51. The number of piperazine rings is 1. The first-order valence-corrected chi connectivity index (χ1v) is 9.80. The maximum atomic E-state index is 12.8. The van der Waals surface area contributed by atoms with Crippen molar-refractivity contribution in [3.63, 3.8) is 0 Å². The molecule has 29 heavy (non-hydrogen) atoms. The van der Waals surface area contributed by atoms with E-state index in [0.717, 1.165) is 17.0 Å². The normalized spacial score (nSPS) is 13.9. The van der Waals surface area contributed by atoms with Crippen LogP contribution in [0.5, 0.6) is 11.5 Å². The van der Waals surface area contributed by atoms with Crippen molar-refractivity contribution in [1.82, 2.24) is 4.90 Å². The summed E-state index contributed by atoms with van der Waals surface area (Å²) < 4.78 is 5.75. The first-order chi connectivity index (χ1) is 14.2. The molecule has 0 unspecified atom stereocenters. The van der Waals surface area contributed by atoms with E-state index in [1.165, 1.54) is 0 Å². The lowest BCUT2D eigenvalue weighted by Crippen LogP contribution is -2.48. The number of phenolic OH excluding ortho intramolecular Hbond substituents is 1. The predicted octanol–water partition coefficient (Wildman–Crippen LogP) is 3.93. The van der Waals surface area contributed by atoms with E-state index < -0.39 is 0 Å². The maximum absolute atomic E-state index is 12.8. The standard InChI is InChI=1S/C24H24N2O3/c27-23-9-5-4-8-22(23)25-14-16-26(17-15-25)24(28)20-12-10-19(11-13-20)18-29-21-6-2-1-3-7-21/h1-13,27H,14-18H2. The molecule has 148 valence electrons. The van der Waals surface area contributed by atoms with Gasteiger partial charge >= 0.3 is 0 Å². The van der Waals surface area contributed by atoms with Crippen LogP contribution in [0.4, 0.5) is 5.69 Å². The van der Waals surface area contributed by atoms with Crippen LogP contribution in [0.25, 0.3) is 0 Å². The Morgan fingerprint density at radius 2 is 1.48 bits per heavy atom. The molecule has 1 fully saturated rings. The molecular formula is C24H24N2O3. The number of phenols is 1. The number of nitrogens with zero attached hydrogens (tertiary/aromatic N) is 2. The van der Waals surface area contributed by atoms with Crippen molar-refractivity contribution in [2.24, 2.45) is 0 Å². The Morgan fingerprint density at radius 1 is 0.828 bits per heavy atom. The minimum atomic E-state index is 0.0393. The van der Waals surface area contributed by atoms with E-state index in [0.29, 0.717) is 38.3 Å². The van der Waals surface area contributed by atoms with E-state index in [-0.39, 0.29) is 11.7 Å². The van der Waals surface area contributed by atoms with Crippen LogP contribution >= 0.6 is 0 Å². The van der Waals surface area contributed by atoms with Crippen LogP contribution in [0.1, 0.15) is 15.9 Å². The summed E-state index contributed by atoms with van der Waals surface area (Å²) in [7, 11) is 0. The number of carbonyl (C=O) groups is 1. The number of anilines is 1. The number of ether oxygens (including phenoxy) is 1. The number of para-hydroxylation sites is 3. The van der Waals surface area contributed by atoms with Gasteiger partial charge in [-0.15, -0.1) is 0 Å². The molecule has 0 spiro atoms. The lowest BCUT2D eigenvalue weighted by atomic mass is 10.1. The minimum Gasteiger partial charge on any atom is -0.506 e. The lowest BCUT2D eigenvalue weighted by Gasteiger charge is -2.36. The summed E-state index contributed by atoms with van der Waals surface area (Å²) in [6.07, 6.45) is 0. The predicted molar refractivity (Wildman–Crippen MR) is 113 cm³/mol.